The summed E-state index contributed by atoms with van der Waals surface area (Å²) in [6, 6.07) is 84.2. The maximum Gasteiger partial charge on any atom is 0.187 e. The van der Waals surface area contributed by atoms with Gasteiger partial charge in [0.05, 0.1) is 29.0 Å². The smallest absolute Gasteiger partial charge is 0.187 e. The molecule has 9 aromatic carbocycles. The Hall–Kier alpha value is -9.05. The molecule has 0 spiro atoms. The van der Waals surface area contributed by atoms with Crippen molar-refractivity contribution in [2.24, 2.45) is 0 Å². The summed E-state index contributed by atoms with van der Waals surface area (Å²) in [5, 5.41) is 2.27. The minimum absolute atomic E-state index is 0.549. The van der Waals surface area contributed by atoms with E-state index in [-0.39, 0.29) is 0 Å². The molecule has 6 nitrogen and oxygen atoms in total. The fraction of sp³-hybridized carbons (Fsp3) is 0. The van der Waals surface area contributed by atoms with Gasteiger partial charge in [0.1, 0.15) is 0 Å². The molecule has 0 bridgehead atoms. The number of hydrogen-bond acceptors (Lipinski definition) is 4. The Morgan fingerprint density at radius 2 is 0.769 bits per heavy atom. The van der Waals surface area contributed by atoms with Crippen LogP contribution in [0, 0.1) is 6.57 Å². The predicted octanol–water partition coefficient (Wildman–Crippen LogP) is 16.1. The van der Waals surface area contributed by atoms with Crippen LogP contribution >= 0.6 is 0 Å². The molecule has 11 rings (SSSR count). The van der Waals surface area contributed by atoms with E-state index in [1.54, 1.807) is 6.07 Å². The zero-order valence-electron chi connectivity index (χ0n) is 35.3. The lowest BCUT2D eigenvalue weighted by Crippen LogP contribution is -2.09. The van der Waals surface area contributed by atoms with Crippen molar-refractivity contribution >= 4 is 61.6 Å². The van der Waals surface area contributed by atoms with Crippen LogP contribution in [0.3, 0.4) is 0 Å². The van der Waals surface area contributed by atoms with E-state index in [1.807, 2.05) is 42.5 Å². The van der Waals surface area contributed by atoms with Crippen LogP contribution in [0.1, 0.15) is 0 Å². The van der Waals surface area contributed by atoms with Crippen LogP contribution in [-0.2, 0) is 0 Å². The molecule has 0 amide bonds. The summed E-state index contributed by atoms with van der Waals surface area (Å²) in [5.41, 5.74) is 14.6. The fourth-order valence-corrected chi connectivity index (χ4v) is 8.74. The molecule has 306 valence electrons. The second-order valence-corrected chi connectivity index (χ2v) is 15.8. The molecular formula is C59H40N6. The maximum atomic E-state index is 7.62. The second-order valence-electron chi connectivity index (χ2n) is 15.8. The highest BCUT2D eigenvalue weighted by Gasteiger charge is 2.20. The summed E-state index contributed by atoms with van der Waals surface area (Å²) >= 11 is 0. The second kappa shape index (κ2) is 17.0. The normalized spacial score (nSPS) is 11.1. The van der Waals surface area contributed by atoms with Gasteiger partial charge in [-0.2, -0.15) is 0 Å². The molecule has 11 aromatic rings. The largest absolute Gasteiger partial charge is 0.310 e. The van der Waals surface area contributed by atoms with Crippen molar-refractivity contribution in [2.75, 3.05) is 9.80 Å². The van der Waals surface area contributed by atoms with E-state index in [4.69, 9.17) is 16.5 Å². The zero-order chi connectivity index (χ0) is 43.5. The number of fused-ring (bicyclic) bond motifs is 3. The third kappa shape index (κ3) is 7.54. The topological polar surface area (TPSA) is 41.6 Å². The number of aromatic nitrogens is 3. The molecule has 0 fully saturated rings. The molecule has 0 saturated heterocycles. The Morgan fingerprint density at radius 3 is 1.22 bits per heavy atom. The van der Waals surface area contributed by atoms with Crippen molar-refractivity contribution in [3.63, 3.8) is 0 Å². The summed E-state index contributed by atoms with van der Waals surface area (Å²) in [4.78, 5) is 18.4. The van der Waals surface area contributed by atoms with Crippen molar-refractivity contribution in [1.82, 2.24) is 14.5 Å². The van der Waals surface area contributed by atoms with Gasteiger partial charge in [-0.3, -0.25) is 0 Å². The number of para-hydroxylation sites is 4. The lowest BCUT2D eigenvalue weighted by Gasteiger charge is -2.26. The van der Waals surface area contributed by atoms with Crippen LogP contribution in [0.4, 0.5) is 39.8 Å². The van der Waals surface area contributed by atoms with E-state index in [0.717, 1.165) is 89.7 Å². The lowest BCUT2D eigenvalue weighted by molar-refractivity contribution is 1.17. The quantitative estimate of drug-likeness (QED) is 0.129. The van der Waals surface area contributed by atoms with Crippen molar-refractivity contribution in [3.8, 4) is 39.6 Å². The predicted molar refractivity (Wildman–Crippen MR) is 268 cm³/mol. The average molecular weight is 833 g/mol. The third-order valence-corrected chi connectivity index (χ3v) is 11.8. The SMILES string of the molecule is [C-]#[N+]c1cccc(-c2nc(-c3ccccc3)cc(-c3ccc(-n4c5ccc(N(c6ccccc6)c6ccccc6)cc5c5cc(N(c6ccccc6)c6ccccc6)ccc54)cc3)n2)c1. The maximum absolute atomic E-state index is 7.62. The van der Waals surface area contributed by atoms with Gasteiger partial charge in [0.15, 0.2) is 11.5 Å². The summed E-state index contributed by atoms with van der Waals surface area (Å²) in [7, 11) is 0. The molecule has 0 aliphatic rings. The van der Waals surface area contributed by atoms with E-state index in [2.05, 4.69) is 213 Å². The van der Waals surface area contributed by atoms with Gasteiger partial charge in [-0.05, 0) is 109 Å². The molecule has 0 saturated carbocycles. The minimum Gasteiger partial charge on any atom is -0.310 e. The Kier molecular flexibility index (Phi) is 10.2. The molecule has 0 aliphatic heterocycles. The minimum atomic E-state index is 0.549. The van der Waals surface area contributed by atoms with Crippen molar-refractivity contribution in [3.05, 3.63) is 254 Å². The van der Waals surface area contributed by atoms with E-state index >= 15 is 0 Å². The Morgan fingerprint density at radius 1 is 0.354 bits per heavy atom. The summed E-state index contributed by atoms with van der Waals surface area (Å²) in [5.74, 6) is 0.574. The van der Waals surface area contributed by atoms with Crippen molar-refractivity contribution in [1.29, 1.82) is 0 Å². The zero-order valence-corrected chi connectivity index (χ0v) is 35.3. The number of hydrogen-bond donors (Lipinski definition) is 0. The fourth-order valence-electron chi connectivity index (χ4n) is 8.74. The van der Waals surface area contributed by atoms with Gasteiger partial charge < -0.3 is 14.4 Å². The highest BCUT2D eigenvalue weighted by Crippen LogP contribution is 2.43. The molecule has 0 atom stereocenters. The molecule has 6 heteroatoms. The molecule has 2 aromatic heterocycles. The van der Waals surface area contributed by atoms with E-state index < -0.39 is 0 Å². The number of benzene rings is 9. The third-order valence-electron chi connectivity index (χ3n) is 11.8. The first-order valence-corrected chi connectivity index (χ1v) is 21.6. The highest BCUT2D eigenvalue weighted by atomic mass is 15.1. The Labute approximate surface area is 378 Å². The first-order valence-electron chi connectivity index (χ1n) is 21.6. The van der Waals surface area contributed by atoms with Crippen LogP contribution < -0.4 is 9.80 Å². The number of rotatable bonds is 10. The van der Waals surface area contributed by atoms with E-state index in [9.17, 15) is 0 Å². The standard InChI is InChI=1S/C59H40N6/c1-60-45-21-17-20-44(38-45)59-61-55(42-18-7-2-8-19-42)41-56(62-59)43-30-32-50(33-31-43)65-57-36-34-51(63(46-22-9-3-10-23-46)47-24-11-4-12-25-47)39-53(57)54-40-52(35-37-58(54)65)64(48-26-13-5-14-27-48)49-28-15-6-16-29-49/h2-41H. The molecule has 0 aliphatic carbocycles. The number of nitrogens with zero attached hydrogens (tertiary/aromatic N) is 6. The summed E-state index contributed by atoms with van der Waals surface area (Å²) in [6.45, 7) is 7.62. The van der Waals surface area contributed by atoms with E-state index in [1.165, 1.54) is 0 Å². The van der Waals surface area contributed by atoms with Crippen LogP contribution in [0.2, 0.25) is 0 Å². The van der Waals surface area contributed by atoms with Gasteiger partial charge in [-0.25, -0.2) is 14.8 Å². The first kappa shape index (κ1) is 38.8. The summed E-state index contributed by atoms with van der Waals surface area (Å²) in [6.07, 6.45) is 0. The Bertz CT molecular complexity index is 3260. The van der Waals surface area contributed by atoms with Gasteiger partial charge in [0.25, 0.3) is 0 Å². The lowest BCUT2D eigenvalue weighted by atomic mass is 10.1. The summed E-state index contributed by atoms with van der Waals surface area (Å²) < 4.78 is 2.36. The van der Waals surface area contributed by atoms with Crippen molar-refractivity contribution < 1.29 is 0 Å². The monoisotopic (exact) mass is 832 g/mol. The Balaban J connectivity index is 1.09. The van der Waals surface area contributed by atoms with Crippen LogP contribution in [0.25, 0.3) is 66.2 Å². The van der Waals surface area contributed by atoms with Crippen LogP contribution in [0.5, 0.6) is 0 Å². The van der Waals surface area contributed by atoms with Crippen LogP contribution in [0.15, 0.2) is 243 Å². The van der Waals surface area contributed by atoms with Gasteiger partial charge in [0, 0.05) is 67.3 Å². The van der Waals surface area contributed by atoms with Crippen LogP contribution in [-0.4, -0.2) is 14.5 Å². The molecule has 0 unspecified atom stereocenters. The molecule has 2 heterocycles. The number of anilines is 6. The molecule has 0 radical (unpaired) electrons. The average Bonchev–Trinajstić information content (AvgIpc) is 3.71. The molecule has 0 N–H and O–H groups in total. The first-order chi connectivity index (χ1) is 32.2. The van der Waals surface area contributed by atoms with Gasteiger partial charge in [-0.1, -0.05) is 133 Å². The van der Waals surface area contributed by atoms with Crippen molar-refractivity contribution in [2.45, 2.75) is 0 Å². The molecule has 65 heavy (non-hydrogen) atoms. The van der Waals surface area contributed by atoms with Gasteiger partial charge in [-0.15, -0.1) is 0 Å². The van der Waals surface area contributed by atoms with Gasteiger partial charge >= 0.3 is 0 Å². The molecular weight excluding hydrogens is 793 g/mol. The van der Waals surface area contributed by atoms with E-state index in [0.29, 0.717) is 11.5 Å². The highest BCUT2D eigenvalue weighted by molar-refractivity contribution is 6.12. The van der Waals surface area contributed by atoms with Gasteiger partial charge in [0.2, 0.25) is 0 Å².